The standard InChI is InChI=1S/C29H38ClN5O5/c1-18(2)39-24-13-12-23(16-19(24)3)32-25-33-26(36)34(15-14-20(4)31-27(37)40-29(5,6)7)28(38)35(25)17-21-8-10-22(30)11-9-21/h8-13,16,18,20H,14-15,17H2,1-7H3,(H,31,37)(H,32,33,36)/t20-/m1/s1. The maximum absolute atomic E-state index is 13.6. The molecule has 40 heavy (non-hydrogen) atoms. The SMILES string of the molecule is Cc1cc(Nc2nc(=O)n(CC[C@@H](C)NC(=O)OC(C)(C)C)c(=O)n2Cc2ccc(Cl)cc2)ccc1OC(C)C. The van der Waals surface area contributed by atoms with Crippen molar-refractivity contribution in [1.29, 1.82) is 0 Å². The Balaban J connectivity index is 1.90. The number of amides is 1. The van der Waals surface area contributed by atoms with Gasteiger partial charge in [-0.25, -0.2) is 19.0 Å². The van der Waals surface area contributed by atoms with Crippen LogP contribution in [0.15, 0.2) is 52.1 Å². The lowest BCUT2D eigenvalue weighted by Crippen LogP contribution is -2.44. The van der Waals surface area contributed by atoms with Gasteiger partial charge in [-0.15, -0.1) is 0 Å². The van der Waals surface area contributed by atoms with E-state index in [2.05, 4.69) is 15.6 Å². The first-order chi connectivity index (χ1) is 18.7. The van der Waals surface area contributed by atoms with Gasteiger partial charge >= 0.3 is 17.5 Å². The highest BCUT2D eigenvalue weighted by atomic mass is 35.5. The number of nitrogens with one attached hydrogen (secondary N) is 2. The quantitative estimate of drug-likeness (QED) is 0.341. The summed E-state index contributed by atoms with van der Waals surface area (Å²) in [7, 11) is 0. The first-order valence-corrected chi connectivity index (χ1v) is 13.6. The van der Waals surface area contributed by atoms with E-state index < -0.39 is 23.1 Å². The number of hydrogen-bond donors (Lipinski definition) is 2. The highest BCUT2D eigenvalue weighted by Crippen LogP contribution is 2.24. The molecule has 1 heterocycles. The van der Waals surface area contributed by atoms with E-state index in [0.29, 0.717) is 17.1 Å². The first kappa shape index (κ1) is 30.7. The first-order valence-electron chi connectivity index (χ1n) is 13.2. The van der Waals surface area contributed by atoms with Crippen LogP contribution in [-0.4, -0.2) is 38.0 Å². The Hall–Kier alpha value is -3.79. The third-order valence-corrected chi connectivity index (χ3v) is 6.00. The van der Waals surface area contributed by atoms with Crippen molar-refractivity contribution in [3.05, 3.63) is 79.6 Å². The summed E-state index contributed by atoms with van der Waals surface area (Å²) in [5.41, 5.74) is 0.490. The van der Waals surface area contributed by atoms with Crippen LogP contribution in [0.3, 0.4) is 0 Å². The van der Waals surface area contributed by atoms with Gasteiger partial charge in [0.2, 0.25) is 5.95 Å². The molecule has 1 aromatic heterocycles. The Labute approximate surface area is 239 Å². The molecule has 0 unspecified atom stereocenters. The van der Waals surface area contributed by atoms with Crippen molar-refractivity contribution >= 4 is 29.3 Å². The molecule has 3 rings (SSSR count). The third kappa shape index (κ3) is 8.87. The van der Waals surface area contributed by atoms with Crippen LogP contribution in [0.5, 0.6) is 5.75 Å². The summed E-state index contributed by atoms with van der Waals surface area (Å²) in [5.74, 6) is 0.856. The predicted molar refractivity (Wildman–Crippen MR) is 157 cm³/mol. The summed E-state index contributed by atoms with van der Waals surface area (Å²) in [6, 6.07) is 12.2. The number of aromatic nitrogens is 3. The fourth-order valence-electron chi connectivity index (χ4n) is 3.88. The number of carbonyl (C=O) groups excluding carboxylic acids is 1. The van der Waals surface area contributed by atoms with Gasteiger partial charge in [0.15, 0.2) is 0 Å². The van der Waals surface area contributed by atoms with Crippen LogP contribution in [0.1, 0.15) is 59.1 Å². The lowest BCUT2D eigenvalue weighted by Gasteiger charge is -2.22. The lowest BCUT2D eigenvalue weighted by molar-refractivity contribution is 0.0505. The van der Waals surface area contributed by atoms with Gasteiger partial charge in [0, 0.05) is 23.3 Å². The van der Waals surface area contributed by atoms with Gasteiger partial charge in [-0.1, -0.05) is 23.7 Å². The monoisotopic (exact) mass is 571 g/mol. The highest BCUT2D eigenvalue weighted by molar-refractivity contribution is 6.30. The summed E-state index contributed by atoms with van der Waals surface area (Å²) in [4.78, 5) is 43.0. The second kappa shape index (κ2) is 13.0. The van der Waals surface area contributed by atoms with Crippen molar-refractivity contribution in [2.75, 3.05) is 5.32 Å². The van der Waals surface area contributed by atoms with Gasteiger partial charge in [0.05, 0.1) is 12.6 Å². The van der Waals surface area contributed by atoms with Crippen LogP contribution in [0.4, 0.5) is 16.4 Å². The molecule has 0 fully saturated rings. The number of benzene rings is 2. The molecule has 216 valence electrons. The van der Waals surface area contributed by atoms with E-state index in [1.165, 1.54) is 4.57 Å². The van der Waals surface area contributed by atoms with Gasteiger partial charge in [0.25, 0.3) is 0 Å². The van der Waals surface area contributed by atoms with Gasteiger partial charge in [0.1, 0.15) is 11.4 Å². The van der Waals surface area contributed by atoms with Gasteiger partial charge < -0.3 is 20.1 Å². The summed E-state index contributed by atoms with van der Waals surface area (Å²) < 4.78 is 13.6. The number of ether oxygens (including phenoxy) is 2. The molecule has 0 radical (unpaired) electrons. The topological polar surface area (TPSA) is 116 Å². The summed E-state index contributed by atoms with van der Waals surface area (Å²) in [5, 5.41) is 6.43. The maximum atomic E-state index is 13.6. The van der Waals surface area contributed by atoms with E-state index in [-0.39, 0.29) is 31.2 Å². The Kier molecular flexibility index (Phi) is 10.0. The largest absolute Gasteiger partial charge is 0.491 e. The van der Waals surface area contributed by atoms with Gasteiger partial charge in [-0.2, -0.15) is 4.98 Å². The highest BCUT2D eigenvalue weighted by Gasteiger charge is 2.19. The fourth-order valence-corrected chi connectivity index (χ4v) is 4.00. The third-order valence-electron chi connectivity index (χ3n) is 5.75. The smallest absolute Gasteiger partial charge is 0.407 e. The molecule has 2 aromatic carbocycles. The Morgan fingerprint density at radius 2 is 1.73 bits per heavy atom. The average molecular weight is 572 g/mol. The van der Waals surface area contributed by atoms with E-state index >= 15 is 0 Å². The zero-order valence-electron chi connectivity index (χ0n) is 24.1. The van der Waals surface area contributed by atoms with Crippen molar-refractivity contribution in [2.24, 2.45) is 0 Å². The number of halogens is 1. The predicted octanol–water partition coefficient (Wildman–Crippen LogP) is 5.25. The molecule has 3 aromatic rings. The molecule has 2 N–H and O–H groups in total. The molecule has 10 nitrogen and oxygen atoms in total. The normalized spacial score (nSPS) is 12.2. The molecule has 0 aliphatic carbocycles. The number of aryl methyl sites for hydroxylation is 1. The van der Waals surface area contributed by atoms with Crippen molar-refractivity contribution in [3.63, 3.8) is 0 Å². The van der Waals surface area contributed by atoms with Crippen LogP contribution in [0, 0.1) is 6.92 Å². The second-order valence-corrected chi connectivity index (χ2v) is 11.4. The second-order valence-electron chi connectivity index (χ2n) is 11.0. The van der Waals surface area contributed by atoms with E-state index in [1.807, 2.05) is 45.0 Å². The lowest BCUT2D eigenvalue weighted by atomic mass is 10.2. The summed E-state index contributed by atoms with van der Waals surface area (Å²) >= 11 is 6.04. The molecule has 11 heteroatoms. The van der Waals surface area contributed by atoms with Crippen molar-refractivity contribution in [2.45, 2.75) is 85.7 Å². The minimum atomic E-state index is -0.694. The van der Waals surface area contributed by atoms with Crippen LogP contribution in [0.25, 0.3) is 0 Å². The van der Waals surface area contributed by atoms with Crippen LogP contribution >= 0.6 is 11.6 Å². The van der Waals surface area contributed by atoms with E-state index in [1.54, 1.807) is 45.9 Å². The van der Waals surface area contributed by atoms with E-state index in [4.69, 9.17) is 21.1 Å². The number of hydrogen-bond acceptors (Lipinski definition) is 7. The molecule has 0 aliphatic rings. The molecular weight excluding hydrogens is 534 g/mol. The molecule has 0 saturated carbocycles. The number of carbonyl (C=O) groups is 1. The molecule has 1 atom stereocenters. The van der Waals surface area contributed by atoms with Crippen LogP contribution in [-0.2, 0) is 17.8 Å². The molecular formula is C29H38ClN5O5. The summed E-state index contributed by atoms with van der Waals surface area (Å²) in [6.07, 6.45) is -0.219. The maximum Gasteiger partial charge on any atom is 0.407 e. The Morgan fingerprint density at radius 1 is 1.05 bits per heavy atom. The minimum absolute atomic E-state index is 0.0263. The van der Waals surface area contributed by atoms with Crippen molar-refractivity contribution in [3.8, 4) is 5.75 Å². The fraction of sp³-hybridized carbons (Fsp3) is 0.448. The molecule has 1 amide bonds. The molecule has 0 bridgehead atoms. The van der Waals surface area contributed by atoms with Crippen molar-refractivity contribution < 1.29 is 14.3 Å². The van der Waals surface area contributed by atoms with E-state index in [0.717, 1.165) is 21.4 Å². The minimum Gasteiger partial charge on any atom is -0.491 e. The summed E-state index contributed by atoms with van der Waals surface area (Å²) in [6.45, 7) is 13.1. The Morgan fingerprint density at radius 3 is 2.33 bits per heavy atom. The Bertz CT molecular complexity index is 1440. The number of alkyl carbamates (subject to hydrolysis) is 1. The van der Waals surface area contributed by atoms with Gasteiger partial charge in [-0.3, -0.25) is 4.57 Å². The van der Waals surface area contributed by atoms with Crippen LogP contribution in [0.2, 0.25) is 5.02 Å². The zero-order chi connectivity index (χ0) is 29.6. The number of anilines is 2. The molecule has 0 spiro atoms. The number of rotatable bonds is 10. The zero-order valence-corrected chi connectivity index (χ0v) is 24.8. The average Bonchev–Trinajstić information content (AvgIpc) is 2.82. The molecule has 0 saturated heterocycles. The van der Waals surface area contributed by atoms with E-state index in [9.17, 15) is 14.4 Å². The van der Waals surface area contributed by atoms with Crippen molar-refractivity contribution in [1.82, 2.24) is 19.4 Å². The van der Waals surface area contributed by atoms with Crippen LogP contribution < -0.4 is 26.7 Å². The van der Waals surface area contributed by atoms with Gasteiger partial charge in [-0.05, 0) is 96.3 Å². The molecule has 0 aliphatic heterocycles. The number of nitrogens with zero attached hydrogens (tertiary/aromatic N) is 3.